The number of aromatic amines is 1. The molecule has 0 aliphatic carbocycles. The maximum Gasteiger partial charge on any atom is 0.264 e. The highest BCUT2D eigenvalue weighted by Gasteiger charge is 2.12. The summed E-state index contributed by atoms with van der Waals surface area (Å²) in [5, 5.41) is 6.40. The van der Waals surface area contributed by atoms with Crippen LogP contribution in [0.15, 0.2) is 60.1 Å². The van der Waals surface area contributed by atoms with E-state index in [1.54, 1.807) is 0 Å². The molecule has 1 amide bonds. The molecule has 130 valence electrons. The number of fused-ring (bicyclic) bond motifs is 1. The largest absolute Gasteiger partial charge is 0.483 e. The molecular formula is C20H17N3O2S. The Morgan fingerprint density at radius 1 is 1.19 bits per heavy atom. The number of carbonyl (C=O) groups excluding carboxylic acids is 1. The first kappa shape index (κ1) is 16.4. The van der Waals surface area contributed by atoms with Crippen LogP contribution in [0.1, 0.15) is 5.56 Å². The highest BCUT2D eigenvalue weighted by atomic mass is 32.1. The quantitative estimate of drug-likeness (QED) is 0.544. The number of anilines is 1. The lowest BCUT2D eigenvalue weighted by Crippen LogP contribution is -2.20. The van der Waals surface area contributed by atoms with Crippen LogP contribution in [0.25, 0.3) is 22.2 Å². The first-order valence-corrected chi connectivity index (χ1v) is 9.09. The summed E-state index contributed by atoms with van der Waals surface area (Å²) in [7, 11) is 0. The number of nitrogens with one attached hydrogen (secondary N) is 2. The van der Waals surface area contributed by atoms with Gasteiger partial charge in [-0.05, 0) is 24.6 Å². The molecule has 0 atom stereocenters. The highest BCUT2D eigenvalue weighted by molar-refractivity contribution is 7.14. The Bertz CT molecular complexity index is 1070. The Balaban J connectivity index is 1.43. The molecule has 0 bridgehead atoms. The van der Waals surface area contributed by atoms with Gasteiger partial charge in [-0.25, -0.2) is 4.98 Å². The number of hydrogen-bond donors (Lipinski definition) is 2. The summed E-state index contributed by atoms with van der Waals surface area (Å²) in [5.74, 6) is 0.481. The Morgan fingerprint density at radius 3 is 2.88 bits per heavy atom. The third-order valence-corrected chi connectivity index (χ3v) is 4.83. The van der Waals surface area contributed by atoms with Gasteiger partial charge in [-0.2, -0.15) is 0 Å². The average molecular weight is 363 g/mol. The molecule has 4 rings (SSSR count). The fourth-order valence-electron chi connectivity index (χ4n) is 2.76. The highest BCUT2D eigenvalue weighted by Crippen LogP contribution is 2.30. The Hall–Kier alpha value is -3.12. The van der Waals surface area contributed by atoms with Crippen molar-refractivity contribution in [3.05, 3.63) is 65.7 Å². The number of aromatic nitrogens is 2. The first-order valence-electron chi connectivity index (χ1n) is 8.21. The number of para-hydroxylation sites is 2. The van der Waals surface area contributed by atoms with Gasteiger partial charge in [0.25, 0.3) is 5.91 Å². The Kier molecular flexibility index (Phi) is 4.41. The van der Waals surface area contributed by atoms with E-state index in [4.69, 9.17) is 4.74 Å². The number of ether oxygens (including phenoxy) is 1. The monoisotopic (exact) mass is 363 g/mol. The van der Waals surface area contributed by atoms with Crippen LogP contribution in [-0.2, 0) is 4.79 Å². The van der Waals surface area contributed by atoms with Crippen LogP contribution in [-0.4, -0.2) is 22.5 Å². The second-order valence-corrected chi connectivity index (χ2v) is 6.75. The molecule has 0 aliphatic rings. The van der Waals surface area contributed by atoms with Crippen LogP contribution in [0.5, 0.6) is 5.75 Å². The summed E-state index contributed by atoms with van der Waals surface area (Å²) in [5.41, 5.74) is 3.92. The normalized spacial score (nSPS) is 10.8. The molecule has 2 aromatic heterocycles. The molecule has 5 nitrogen and oxygen atoms in total. The molecule has 0 saturated heterocycles. The minimum Gasteiger partial charge on any atom is -0.483 e. The number of nitrogens with zero attached hydrogens (tertiary/aromatic N) is 1. The minimum atomic E-state index is -0.229. The van der Waals surface area contributed by atoms with E-state index in [1.807, 2.05) is 61.0 Å². The summed E-state index contributed by atoms with van der Waals surface area (Å²) >= 11 is 1.40. The van der Waals surface area contributed by atoms with Crippen LogP contribution in [0, 0.1) is 6.92 Å². The van der Waals surface area contributed by atoms with Gasteiger partial charge >= 0.3 is 0 Å². The van der Waals surface area contributed by atoms with Crippen molar-refractivity contribution in [2.75, 3.05) is 11.9 Å². The molecule has 2 heterocycles. The number of amides is 1. The van der Waals surface area contributed by atoms with Gasteiger partial charge in [0.1, 0.15) is 5.75 Å². The van der Waals surface area contributed by atoms with E-state index in [1.165, 1.54) is 11.3 Å². The lowest BCUT2D eigenvalue weighted by atomic mass is 10.1. The topological polar surface area (TPSA) is 67.0 Å². The van der Waals surface area contributed by atoms with Gasteiger partial charge in [0.05, 0.1) is 5.69 Å². The predicted molar refractivity (Wildman–Crippen MR) is 105 cm³/mol. The molecule has 0 aliphatic heterocycles. The molecule has 26 heavy (non-hydrogen) atoms. The van der Waals surface area contributed by atoms with Crippen LogP contribution in [0.3, 0.4) is 0 Å². The van der Waals surface area contributed by atoms with Crippen molar-refractivity contribution in [1.82, 2.24) is 9.97 Å². The number of hydrogen-bond acceptors (Lipinski definition) is 4. The van der Waals surface area contributed by atoms with E-state index < -0.39 is 0 Å². The second-order valence-electron chi connectivity index (χ2n) is 5.89. The fraction of sp³-hybridized carbons (Fsp3) is 0.100. The Labute approximate surface area is 154 Å². The molecule has 6 heteroatoms. The van der Waals surface area contributed by atoms with E-state index in [9.17, 15) is 4.79 Å². The zero-order valence-electron chi connectivity index (χ0n) is 14.2. The standard InChI is InChI=1S/C20H17N3O2S/c1-13-6-2-5-9-18(13)25-11-19(24)23-20-22-17(12-26-20)15-10-21-16-8-4-3-7-14(15)16/h2-10,12,21H,11H2,1H3,(H,22,23,24). The Morgan fingerprint density at radius 2 is 2.00 bits per heavy atom. The van der Waals surface area contributed by atoms with Gasteiger partial charge in [-0.15, -0.1) is 11.3 Å². The van der Waals surface area contributed by atoms with Gasteiger partial charge < -0.3 is 9.72 Å². The zero-order valence-corrected chi connectivity index (χ0v) is 15.0. The maximum atomic E-state index is 12.1. The van der Waals surface area contributed by atoms with Crippen LogP contribution in [0.4, 0.5) is 5.13 Å². The summed E-state index contributed by atoms with van der Waals surface area (Å²) in [6, 6.07) is 15.7. The molecule has 2 aromatic carbocycles. The third-order valence-electron chi connectivity index (χ3n) is 4.07. The molecule has 0 unspecified atom stereocenters. The van der Waals surface area contributed by atoms with Crippen molar-refractivity contribution in [3.63, 3.8) is 0 Å². The van der Waals surface area contributed by atoms with Gasteiger partial charge in [0.15, 0.2) is 11.7 Å². The molecule has 0 radical (unpaired) electrons. The number of thiazole rings is 1. The lowest BCUT2D eigenvalue weighted by Gasteiger charge is -2.08. The summed E-state index contributed by atoms with van der Waals surface area (Å²) in [6.45, 7) is 1.90. The third kappa shape index (κ3) is 3.32. The van der Waals surface area contributed by atoms with Crippen molar-refractivity contribution in [2.45, 2.75) is 6.92 Å². The zero-order chi connectivity index (χ0) is 17.9. The van der Waals surface area contributed by atoms with Crippen molar-refractivity contribution < 1.29 is 9.53 Å². The summed E-state index contributed by atoms with van der Waals surface area (Å²) in [4.78, 5) is 19.9. The molecule has 0 fully saturated rings. The molecular weight excluding hydrogens is 346 g/mol. The van der Waals surface area contributed by atoms with Crippen molar-refractivity contribution >= 4 is 33.3 Å². The number of benzene rings is 2. The van der Waals surface area contributed by atoms with Crippen LogP contribution in [0.2, 0.25) is 0 Å². The average Bonchev–Trinajstić information content (AvgIpc) is 3.27. The van der Waals surface area contributed by atoms with Gasteiger partial charge in [0, 0.05) is 28.0 Å². The summed E-state index contributed by atoms with van der Waals surface area (Å²) < 4.78 is 5.57. The number of aryl methyl sites for hydroxylation is 1. The smallest absolute Gasteiger partial charge is 0.264 e. The van der Waals surface area contributed by atoms with Crippen LogP contribution < -0.4 is 10.1 Å². The van der Waals surface area contributed by atoms with E-state index in [0.717, 1.165) is 27.7 Å². The van der Waals surface area contributed by atoms with Crippen molar-refractivity contribution in [1.29, 1.82) is 0 Å². The van der Waals surface area contributed by atoms with Crippen LogP contribution >= 0.6 is 11.3 Å². The minimum absolute atomic E-state index is 0.0488. The summed E-state index contributed by atoms with van der Waals surface area (Å²) in [6.07, 6.45) is 1.94. The van der Waals surface area contributed by atoms with Gasteiger partial charge in [-0.1, -0.05) is 36.4 Å². The van der Waals surface area contributed by atoms with Gasteiger partial charge in [0.2, 0.25) is 0 Å². The predicted octanol–water partition coefficient (Wildman–Crippen LogP) is 4.62. The molecule has 4 aromatic rings. The van der Waals surface area contributed by atoms with Crippen molar-refractivity contribution in [2.24, 2.45) is 0 Å². The number of H-pyrrole nitrogens is 1. The molecule has 2 N–H and O–H groups in total. The van der Waals surface area contributed by atoms with E-state index >= 15 is 0 Å². The number of carbonyl (C=O) groups is 1. The lowest BCUT2D eigenvalue weighted by molar-refractivity contribution is -0.118. The molecule has 0 saturated carbocycles. The van der Waals surface area contributed by atoms with Crippen molar-refractivity contribution in [3.8, 4) is 17.0 Å². The second kappa shape index (κ2) is 7.01. The van der Waals surface area contributed by atoms with E-state index in [-0.39, 0.29) is 12.5 Å². The van der Waals surface area contributed by atoms with Gasteiger partial charge in [-0.3, -0.25) is 10.1 Å². The SMILES string of the molecule is Cc1ccccc1OCC(=O)Nc1nc(-c2c[nH]c3ccccc23)cs1. The van der Waals surface area contributed by atoms with E-state index in [2.05, 4.69) is 21.4 Å². The first-order chi connectivity index (χ1) is 12.7. The maximum absolute atomic E-state index is 12.1. The fourth-order valence-corrected chi connectivity index (χ4v) is 3.48. The van der Waals surface area contributed by atoms with E-state index in [0.29, 0.717) is 10.9 Å². The molecule has 0 spiro atoms. The number of rotatable bonds is 5.